The molecule has 2 nitrogen and oxygen atoms in total. The Morgan fingerprint density at radius 2 is 0.833 bits per heavy atom. The van der Waals surface area contributed by atoms with Crippen molar-refractivity contribution in [1.29, 1.82) is 0 Å². The molecule has 0 saturated heterocycles. The van der Waals surface area contributed by atoms with Gasteiger partial charge in [-0.05, 0) is 93.7 Å². The van der Waals surface area contributed by atoms with Gasteiger partial charge < -0.3 is 9.47 Å². The predicted molar refractivity (Wildman–Crippen MR) is 204 cm³/mol. The first kappa shape index (κ1) is 27.9. The van der Waals surface area contributed by atoms with Crippen LogP contribution in [0.25, 0.3) is 60.5 Å². The standard InChI is InChI=1S/C46H32N2/c1-2-11-33(12-3-1)35-23-27-39(28-24-35)47(40-29-25-36(26-30-40)38-22-21-34-13-4-5-14-37(34)31-38)41-15-10-16-42(32-41)48-45-19-8-6-17-43(45)44-18-7-9-20-46(44)48/h1-32H. The number of nitrogens with zero attached hydrogens (tertiary/aromatic N) is 2. The van der Waals surface area contributed by atoms with Crippen molar-refractivity contribution in [2.24, 2.45) is 0 Å². The second-order valence-electron chi connectivity index (χ2n) is 12.2. The van der Waals surface area contributed by atoms with Crippen molar-refractivity contribution in [2.45, 2.75) is 0 Å². The zero-order chi connectivity index (χ0) is 31.9. The highest BCUT2D eigenvalue weighted by Crippen LogP contribution is 2.39. The lowest BCUT2D eigenvalue weighted by Crippen LogP contribution is -2.10. The van der Waals surface area contributed by atoms with E-state index in [1.54, 1.807) is 0 Å². The van der Waals surface area contributed by atoms with Gasteiger partial charge in [0.2, 0.25) is 0 Å². The van der Waals surface area contributed by atoms with Gasteiger partial charge in [-0.3, -0.25) is 0 Å². The molecule has 0 N–H and O–H groups in total. The van der Waals surface area contributed by atoms with E-state index in [0.717, 1.165) is 22.7 Å². The third-order valence-corrected chi connectivity index (χ3v) is 9.37. The van der Waals surface area contributed by atoms with Crippen molar-refractivity contribution in [3.8, 4) is 27.9 Å². The average molecular weight is 613 g/mol. The number of aromatic nitrogens is 1. The molecule has 0 bridgehead atoms. The number of benzene rings is 8. The van der Waals surface area contributed by atoms with Crippen molar-refractivity contribution in [3.05, 3.63) is 194 Å². The summed E-state index contributed by atoms with van der Waals surface area (Å²) in [5.74, 6) is 0. The van der Waals surface area contributed by atoms with Crippen LogP contribution in [0, 0.1) is 0 Å². The average Bonchev–Trinajstić information content (AvgIpc) is 3.50. The molecule has 2 heteroatoms. The molecular formula is C46H32N2. The number of fused-ring (bicyclic) bond motifs is 4. The molecule has 9 aromatic rings. The van der Waals surface area contributed by atoms with Crippen LogP contribution in [-0.2, 0) is 0 Å². The van der Waals surface area contributed by atoms with Crippen molar-refractivity contribution in [3.63, 3.8) is 0 Å². The monoisotopic (exact) mass is 612 g/mol. The fourth-order valence-corrected chi connectivity index (χ4v) is 7.02. The van der Waals surface area contributed by atoms with E-state index in [0.29, 0.717) is 0 Å². The first-order chi connectivity index (χ1) is 23.8. The van der Waals surface area contributed by atoms with E-state index in [9.17, 15) is 0 Å². The Labute approximate surface area is 280 Å². The minimum atomic E-state index is 1.10. The van der Waals surface area contributed by atoms with E-state index >= 15 is 0 Å². The van der Waals surface area contributed by atoms with Crippen LogP contribution in [0.1, 0.15) is 0 Å². The van der Waals surface area contributed by atoms with Gasteiger partial charge in [0.1, 0.15) is 0 Å². The normalized spacial score (nSPS) is 11.3. The summed E-state index contributed by atoms with van der Waals surface area (Å²) in [6.45, 7) is 0. The first-order valence-electron chi connectivity index (χ1n) is 16.4. The van der Waals surface area contributed by atoms with Crippen LogP contribution in [-0.4, -0.2) is 4.57 Å². The van der Waals surface area contributed by atoms with E-state index in [-0.39, 0.29) is 0 Å². The maximum Gasteiger partial charge on any atom is 0.0541 e. The molecule has 1 aromatic heterocycles. The van der Waals surface area contributed by atoms with Gasteiger partial charge in [-0.2, -0.15) is 0 Å². The third kappa shape index (κ3) is 4.92. The van der Waals surface area contributed by atoms with Gasteiger partial charge in [0.25, 0.3) is 0 Å². The van der Waals surface area contributed by atoms with Gasteiger partial charge in [-0.1, -0.05) is 133 Å². The molecule has 0 aliphatic heterocycles. The van der Waals surface area contributed by atoms with Crippen molar-refractivity contribution in [1.82, 2.24) is 4.57 Å². The number of anilines is 3. The van der Waals surface area contributed by atoms with Crippen molar-refractivity contribution >= 4 is 49.6 Å². The van der Waals surface area contributed by atoms with Crippen LogP contribution in [0.15, 0.2) is 194 Å². The lowest BCUT2D eigenvalue weighted by Gasteiger charge is -2.26. The third-order valence-electron chi connectivity index (χ3n) is 9.37. The highest BCUT2D eigenvalue weighted by Gasteiger charge is 2.16. The summed E-state index contributed by atoms with van der Waals surface area (Å²) in [7, 11) is 0. The van der Waals surface area contributed by atoms with Gasteiger partial charge in [-0.15, -0.1) is 0 Å². The van der Waals surface area contributed by atoms with Crippen LogP contribution in [0.3, 0.4) is 0 Å². The Morgan fingerprint density at radius 3 is 1.50 bits per heavy atom. The van der Waals surface area contributed by atoms with Crippen LogP contribution < -0.4 is 4.90 Å². The largest absolute Gasteiger partial charge is 0.310 e. The number of hydrogen-bond acceptors (Lipinski definition) is 1. The molecule has 0 atom stereocenters. The topological polar surface area (TPSA) is 8.17 Å². The molecule has 48 heavy (non-hydrogen) atoms. The summed E-state index contributed by atoms with van der Waals surface area (Å²) in [4.78, 5) is 2.36. The summed E-state index contributed by atoms with van der Waals surface area (Å²) in [6, 6.07) is 69.9. The van der Waals surface area contributed by atoms with Gasteiger partial charge in [0, 0.05) is 33.5 Å². The predicted octanol–water partition coefficient (Wildman–Crippen LogP) is 12.7. The fraction of sp³-hybridized carbons (Fsp3) is 0. The molecule has 0 unspecified atom stereocenters. The Morgan fingerprint density at radius 1 is 0.312 bits per heavy atom. The molecule has 0 spiro atoms. The smallest absolute Gasteiger partial charge is 0.0541 e. The molecule has 0 aliphatic rings. The van der Waals surface area contributed by atoms with Gasteiger partial charge >= 0.3 is 0 Å². The maximum absolute atomic E-state index is 2.38. The summed E-state index contributed by atoms with van der Waals surface area (Å²) in [5, 5.41) is 5.03. The zero-order valence-corrected chi connectivity index (χ0v) is 26.4. The Balaban J connectivity index is 1.17. The van der Waals surface area contributed by atoms with E-state index in [2.05, 4.69) is 204 Å². The highest BCUT2D eigenvalue weighted by atomic mass is 15.1. The highest BCUT2D eigenvalue weighted by molar-refractivity contribution is 6.09. The summed E-state index contributed by atoms with van der Waals surface area (Å²) in [5.41, 5.74) is 11.7. The van der Waals surface area contributed by atoms with Crippen molar-refractivity contribution in [2.75, 3.05) is 4.90 Å². The van der Waals surface area contributed by atoms with Crippen LogP contribution in [0.4, 0.5) is 17.1 Å². The van der Waals surface area contributed by atoms with Gasteiger partial charge in [-0.25, -0.2) is 0 Å². The number of rotatable bonds is 6. The second kappa shape index (κ2) is 11.8. The number of hydrogen-bond donors (Lipinski definition) is 0. The summed E-state index contributed by atoms with van der Waals surface area (Å²) in [6.07, 6.45) is 0. The molecule has 0 aliphatic carbocycles. The molecular weight excluding hydrogens is 581 g/mol. The SMILES string of the molecule is c1ccc(-c2ccc(N(c3ccc(-c4ccc5ccccc5c4)cc3)c3cccc(-n4c5ccccc5c5ccccc54)c3)cc2)cc1. The molecule has 226 valence electrons. The van der Waals surface area contributed by atoms with E-state index in [1.807, 2.05) is 0 Å². The Kier molecular flexibility index (Phi) is 6.84. The molecule has 0 saturated carbocycles. The quantitative estimate of drug-likeness (QED) is 0.181. The van der Waals surface area contributed by atoms with Gasteiger partial charge in [0.05, 0.1) is 11.0 Å². The maximum atomic E-state index is 2.38. The lowest BCUT2D eigenvalue weighted by molar-refractivity contribution is 1.17. The Hall–Kier alpha value is -6.38. The molecule has 8 aromatic carbocycles. The van der Waals surface area contributed by atoms with E-state index in [4.69, 9.17) is 0 Å². The first-order valence-corrected chi connectivity index (χ1v) is 16.4. The molecule has 9 rings (SSSR count). The van der Waals surface area contributed by atoms with Crippen LogP contribution in [0.2, 0.25) is 0 Å². The zero-order valence-electron chi connectivity index (χ0n) is 26.4. The molecule has 0 radical (unpaired) electrons. The molecule has 0 fully saturated rings. The van der Waals surface area contributed by atoms with Gasteiger partial charge in [0.15, 0.2) is 0 Å². The van der Waals surface area contributed by atoms with E-state index in [1.165, 1.54) is 54.8 Å². The second-order valence-corrected chi connectivity index (χ2v) is 12.2. The van der Waals surface area contributed by atoms with Crippen LogP contribution >= 0.6 is 0 Å². The number of para-hydroxylation sites is 2. The minimum absolute atomic E-state index is 1.10. The summed E-state index contributed by atoms with van der Waals surface area (Å²) >= 11 is 0. The minimum Gasteiger partial charge on any atom is -0.310 e. The fourth-order valence-electron chi connectivity index (χ4n) is 7.02. The Bertz CT molecular complexity index is 2490. The van der Waals surface area contributed by atoms with E-state index < -0.39 is 0 Å². The van der Waals surface area contributed by atoms with Crippen LogP contribution in [0.5, 0.6) is 0 Å². The summed E-state index contributed by atoms with van der Waals surface area (Å²) < 4.78 is 2.38. The molecule has 0 amide bonds. The lowest BCUT2D eigenvalue weighted by atomic mass is 10.0. The molecule has 1 heterocycles. The van der Waals surface area contributed by atoms with Crippen molar-refractivity contribution < 1.29 is 0 Å².